The molecule has 162 valence electrons. The average molecular weight is 523 g/mol. The Bertz CT molecular complexity index is 1080. The van der Waals surface area contributed by atoms with E-state index in [1.54, 1.807) is 30.3 Å². The molecule has 0 aliphatic carbocycles. The summed E-state index contributed by atoms with van der Waals surface area (Å²) >= 11 is 10.6. The van der Waals surface area contributed by atoms with Crippen LogP contribution >= 0.6 is 39.3 Å². The van der Waals surface area contributed by atoms with Crippen molar-refractivity contribution in [3.63, 3.8) is 0 Å². The first-order chi connectivity index (χ1) is 14.9. The minimum absolute atomic E-state index is 0.170. The second-order valence-corrected chi connectivity index (χ2v) is 8.82. The summed E-state index contributed by atoms with van der Waals surface area (Å²) in [5.74, 6) is 0.456. The maximum absolute atomic E-state index is 12.4. The maximum Gasteiger partial charge on any atom is 0.251 e. The smallest absolute Gasteiger partial charge is 0.251 e. The van der Waals surface area contributed by atoms with Gasteiger partial charge in [-0.3, -0.25) is 9.59 Å². The predicted molar refractivity (Wildman–Crippen MR) is 127 cm³/mol. The summed E-state index contributed by atoms with van der Waals surface area (Å²) in [6.45, 7) is 4.44. The number of halogens is 2. The number of carbonyl (C=O) groups excluding carboxylic acids is 2. The molecule has 1 aromatic heterocycles. The third-order valence-electron chi connectivity index (χ3n) is 4.37. The zero-order chi connectivity index (χ0) is 22.4. The molecule has 0 unspecified atom stereocenters. The Morgan fingerprint density at radius 3 is 2.61 bits per heavy atom. The lowest BCUT2D eigenvalue weighted by atomic mass is 10.2. The van der Waals surface area contributed by atoms with Gasteiger partial charge in [0.2, 0.25) is 5.91 Å². The van der Waals surface area contributed by atoms with E-state index in [-0.39, 0.29) is 23.6 Å². The first-order valence-electron chi connectivity index (χ1n) is 9.55. The molecule has 2 amide bonds. The Morgan fingerprint density at radius 2 is 1.94 bits per heavy atom. The molecule has 2 N–H and O–H groups in total. The first-order valence-corrected chi connectivity index (χ1v) is 11.7. The van der Waals surface area contributed by atoms with Crippen LogP contribution in [0.2, 0.25) is 5.02 Å². The molecule has 31 heavy (non-hydrogen) atoms. The standard InChI is InChI=1S/C21H21BrClN5O2S/c1-3-28-19(13(2)24-20(30)14-7-5-4-6-8-14)26-27-21(28)31-12-18(29)25-15-9-10-17(23)16(22)11-15/h4-11,13H,3,12H2,1-2H3,(H,24,30)(H,25,29)/t13-/m0/s1. The molecule has 0 fully saturated rings. The van der Waals surface area contributed by atoms with Crippen LogP contribution < -0.4 is 10.6 Å². The second-order valence-electron chi connectivity index (χ2n) is 6.61. The topological polar surface area (TPSA) is 88.9 Å². The lowest BCUT2D eigenvalue weighted by Crippen LogP contribution is -2.28. The lowest BCUT2D eigenvalue weighted by Gasteiger charge is -2.15. The van der Waals surface area contributed by atoms with E-state index >= 15 is 0 Å². The van der Waals surface area contributed by atoms with Gasteiger partial charge in [0.1, 0.15) is 0 Å². The van der Waals surface area contributed by atoms with Crippen LogP contribution in [0.1, 0.15) is 36.1 Å². The van der Waals surface area contributed by atoms with Crippen molar-refractivity contribution in [1.82, 2.24) is 20.1 Å². The minimum Gasteiger partial charge on any atom is -0.342 e. The molecule has 3 aromatic rings. The Kier molecular flexibility index (Phi) is 8.11. The van der Waals surface area contributed by atoms with Crippen molar-refractivity contribution in [3.8, 4) is 0 Å². The molecule has 0 saturated heterocycles. The van der Waals surface area contributed by atoms with Gasteiger partial charge < -0.3 is 15.2 Å². The summed E-state index contributed by atoms with van der Waals surface area (Å²) < 4.78 is 2.61. The minimum atomic E-state index is -0.338. The average Bonchev–Trinajstić information content (AvgIpc) is 3.18. The van der Waals surface area contributed by atoms with Crippen LogP contribution in [0.25, 0.3) is 0 Å². The van der Waals surface area contributed by atoms with E-state index in [1.807, 2.05) is 36.6 Å². The van der Waals surface area contributed by atoms with E-state index in [1.165, 1.54) is 11.8 Å². The van der Waals surface area contributed by atoms with Gasteiger partial charge in [-0.05, 0) is 60.1 Å². The number of carbonyl (C=O) groups is 2. The number of aromatic nitrogens is 3. The van der Waals surface area contributed by atoms with E-state index < -0.39 is 0 Å². The van der Waals surface area contributed by atoms with Crippen molar-refractivity contribution in [2.24, 2.45) is 0 Å². The van der Waals surface area contributed by atoms with E-state index in [4.69, 9.17) is 11.6 Å². The molecule has 7 nitrogen and oxygen atoms in total. The first kappa shape index (κ1) is 23.3. The number of amides is 2. The molecule has 0 spiro atoms. The lowest BCUT2D eigenvalue weighted by molar-refractivity contribution is -0.113. The van der Waals surface area contributed by atoms with Crippen molar-refractivity contribution in [1.29, 1.82) is 0 Å². The summed E-state index contributed by atoms with van der Waals surface area (Å²) in [4.78, 5) is 24.8. The quantitative estimate of drug-likeness (QED) is 0.409. The molecule has 0 saturated carbocycles. The van der Waals surface area contributed by atoms with E-state index in [2.05, 4.69) is 36.8 Å². The number of hydrogen-bond donors (Lipinski definition) is 2. The van der Waals surface area contributed by atoms with Crippen molar-refractivity contribution in [2.75, 3.05) is 11.1 Å². The van der Waals surface area contributed by atoms with Crippen LogP contribution in [0, 0.1) is 0 Å². The van der Waals surface area contributed by atoms with Crippen molar-refractivity contribution in [2.45, 2.75) is 31.6 Å². The number of benzene rings is 2. The van der Waals surface area contributed by atoms with Crippen LogP contribution in [0.5, 0.6) is 0 Å². The van der Waals surface area contributed by atoms with E-state index in [0.29, 0.717) is 38.3 Å². The van der Waals surface area contributed by atoms with Gasteiger partial charge in [-0.15, -0.1) is 10.2 Å². The van der Waals surface area contributed by atoms with Crippen molar-refractivity contribution >= 4 is 56.8 Å². The number of rotatable bonds is 8. The van der Waals surface area contributed by atoms with Gasteiger partial charge in [-0.2, -0.15) is 0 Å². The molecular weight excluding hydrogens is 502 g/mol. The third-order valence-corrected chi connectivity index (χ3v) is 6.55. The zero-order valence-electron chi connectivity index (χ0n) is 16.9. The zero-order valence-corrected chi connectivity index (χ0v) is 20.1. The highest BCUT2D eigenvalue weighted by atomic mass is 79.9. The van der Waals surface area contributed by atoms with Crippen LogP contribution in [-0.4, -0.2) is 32.3 Å². The predicted octanol–water partition coefficient (Wildman–Crippen LogP) is 4.94. The molecule has 10 heteroatoms. The maximum atomic E-state index is 12.4. The van der Waals surface area contributed by atoms with Crippen LogP contribution in [0.15, 0.2) is 58.2 Å². The van der Waals surface area contributed by atoms with Gasteiger partial charge in [-0.1, -0.05) is 41.6 Å². The fourth-order valence-electron chi connectivity index (χ4n) is 2.86. The summed E-state index contributed by atoms with van der Waals surface area (Å²) in [5, 5.41) is 15.4. The van der Waals surface area contributed by atoms with Crippen molar-refractivity contribution < 1.29 is 9.59 Å². The SMILES string of the molecule is CCn1c(SCC(=O)Nc2ccc(Cl)c(Br)c2)nnc1[C@H](C)NC(=O)c1ccccc1. The summed E-state index contributed by atoms with van der Waals surface area (Å²) in [7, 11) is 0. The second kappa shape index (κ2) is 10.8. The Hall–Kier alpha value is -2.36. The molecule has 1 heterocycles. The normalized spacial score (nSPS) is 11.7. The largest absolute Gasteiger partial charge is 0.342 e. The Morgan fingerprint density at radius 1 is 1.19 bits per heavy atom. The van der Waals surface area contributed by atoms with E-state index in [9.17, 15) is 9.59 Å². The van der Waals surface area contributed by atoms with Crippen molar-refractivity contribution in [3.05, 3.63) is 69.4 Å². The molecule has 0 aliphatic heterocycles. The van der Waals surface area contributed by atoms with Gasteiger partial charge in [0.25, 0.3) is 5.91 Å². The Balaban J connectivity index is 1.62. The highest BCUT2D eigenvalue weighted by Crippen LogP contribution is 2.26. The number of nitrogens with one attached hydrogen (secondary N) is 2. The molecule has 0 radical (unpaired) electrons. The monoisotopic (exact) mass is 521 g/mol. The number of anilines is 1. The fraction of sp³-hybridized carbons (Fsp3) is 0.238. The van der Waals surface area contributed by atoms with Gasteiger partial charge in [0, 0.05) is 22.3 Å². The summed E-state index contributed by atoms with van der Waals surface area (Å²) in [6.07, 6.45) is 0. The fourth-order valence-corrected chi connectivity index (χ4v) is 4.17. The molecule has 3 rings (SSSR count). The number of nitrogens with zero attached hydrogens (tertiary/aromatic N) is 3. The van der Waals surface area contributed by atoms with Crippen LogP contribution in [0.4, 0.5) is 5.69 Å². The van der Waals surface area contributed by atoms with Gasteiger partial charge in [0.05, 0.1) is 16.8 Å². The summed E-state index contributed by atoms with van der Waals surface area (Å²) in [5.41, 5.74) is 1.23. The van der Waals surface area contributed by atoms with Crippen LogP contribution in [0.3, 0.4) is 0 Å². The summed E-state index contributed by atoms with van der Waals surface area (Å²) in [6, 6.07) is 13.9. The van der Waals surface area contributed by atoms with E-state index in [0.717, 1.165) is 0 Å². The molecular formula is C21H21BrClN5O2S. The molecule has 0 bridgehead atoms. The number of hydrogen-bond acceptors (Lipinski definition) is 5. The Labute approximate surface area is 198 Å². The van der Waals surface area contributed by atoms with Gasteiger partial charge in [0.15, 0.2) is 11.0 Å². The highest BCUT2D eigenvalue weighted by molar-refractivity contribution is 9.10. The molecule has 2 aromatic carbocycles. The third kappa shape index (κ3) is 6.09. The molecule has 0 aliphatic rings. The van der Waals surface area contributed by atoms with Gasteiger partial charge in [-0.25, -0.2) is 0 Å². The number of thioether (sulfide) groups is 1. The highest BCUT2D eigenvalue weighted by Gasteiger charge is 2.20. The molecule has 1 atom stereocenters. The van der Waals surface area contributed by atoms with Gasteiger partial charge >= 0.3 is 0 Å². The van der Waals surface area contributed by atoms with Crippen LogP contribution in [-0.2, 0) is 11.3 Å².